The Morgan fingerprint density at radius 1 is 1.00 bits per heavy atom. The molecule has 0 aromatic carbocycles. The van der Waals surface area contributed by atoms with Crippen molar-refractivity contribution in [1.29, 1.82) is 0 Å². The third-order valence-corrected chi connectivity index (χ3v) is 1.38. The number of allylic oxidation sites excluding steroid dienone is 4. The zero-order valence-electron chi connectivity index (χ0n) is 5.54. The molecule has 0 aliphatic heterocycles. The molecule has 1 aliphatic carbocycles. The Bertz CT molecular complexity index is 155. The van der Waals surface area contributed by atoms with Crippen LogP contribution < -0.4 is 11.8 Å². The molecule has 0 saturated heterocycles. The summed E-state index contributed by atoms with van der Waals surface area (Å²) in [6.45, 7) is 0. The SMILES string of the molecule is NOC1=CC=C(ON)CC1. The van der Waals surface area contributed by atoms with Crippen molar-refractivity contribution in [2.45, 2.75) is 12.8 Å². The highest BCUT2D eigenvalue weighted by atomic mass is 16.6. The van der Waals surface area contributed by atoms with Gasteiger partial charge in [-0.3, -0.25) is 0 Å². The van der Waals surface area contributed by atoms with E-state index in [0.29, 0.717) is 0 Å². The van der Waals surface area contributed by atoms with Gasteiger partial charge in [0.2, 0.25) is 0 Å². The standard InChI is InChI=1S/C6H10N2O2/c7-9-5-1-2-6(10-8)4-3-5/h1-2H,3-4,7-8H2. The minimum atomic E-state index is 0.750. The fraction of sp³-hybridized carbons (Fsp3) is 0.333. The van der Waals surface area contributed by atoms with Gasteiger partial charge in [-0.25, -0.2) is 0 Å². The molecule has 4 N–H and O–H groups in total. The van der Waals surface area contributed by atoms with Crippen LogP contribution >= 0.6 is 0 Å². The topological polar surface area (TPSA) is 70.5 Å². The summed E-state index contributed by atoms with van der Waals surface area (Å²) in [5, 5.41) is 0. The molecule has 0 fully saturated rings. The Hall–Kier alpha value is -1.00. The lowest BCUT2D eigenvalue weighted by Crippen LogP contribution is -2.06. The van der Waals surface area contributed by atoms with Crippen molar-refractivity contribution >= 4 is 0 Å². The second kappa shape index (κ2) is 3.24. The number of rotatable bonds is 2. The summed E-state index contributed by atoms with van der Waals surface area (Å²) in [7, 11) is 0. The van der Waals surface area contributed by atoms with Gasteiger partial charge in [-0.1, -0.05) is 0 Å². The molecule has 4 nitrogen and oxygen atoms in total. The first kappa shape index (κ1) is 7.11. The molecular weight excluding hydrogens is 132 g/mol. The van der Waals surface area contributed by atoms with Gasteiger partial charge in [0.05, 0.1) is 0 Å². The zero-order valence-corrected chi connectivity index (χ0v) is 5.54. The van der Waals surface area contributed by atoms with E-state index in [-0.39, 0.29) is 0 Å². The van der Waals surface area contributed by atoms with E-state index in [2.05, 4.69) is 9.68 Å². The third-order valence-electron chi connectivity index (χ3n) is 1.38. The van der Waals surface area contributed by atoms with Crippen molar-refractivity contribution in [3.05, 3.63) is 23.7 Å². The maximum atomic E-state index is 4.92. The lowest BCUT2D eigenvalue weighted by molar-refractivity contribution is 0.181. The van der Waals surface area contributed by atoms with Gasteiger partial charge < -0.3 is 9.68 Å². The van der Waals surface area contributed by atoms with E-state index in [1.165, 1.54) is 0 Å². The van der Waals surface area contributed by atoms with E-state index < -0.39 is 0 Å². The molecule has 0 unspecified atom stereocenters. The summed E-state index contributed by atoms with van der Waals surface area (Å²) in [4.78, 5) is 9.01. The molecule has 0 atom stereocenters. The Morgan fingerprint density at radius 2 is 1.40 bits per heavy atom. The summed E-state index contributed by atoms with van der Waals surface area (Å²) in [5.74, 6) is 11.3. The molecule has 10 heavy (non-hydrogen) atoms. The lowest BCUT2D eigenvalue weighted by atomic mass is 10.1. The van der Waals surface area contributed by atoms with Gasteiger partial charge in [-0.15, -0.1) is 0 Å². The predicted molar refractivity (Wildman–Crippen MR) is 35.9 cm³/mol. The van der Waals surface area contributed by atoms with Crippen LogP contribution in [0, 0.1) is 0 Å². The Labute approximate surface area is 59.0 Å². The van der Waals surface area contributed by atoms with Crippen molar-refractivity contribution in [2.75, 3.05) is 0 Å². The second-order valence-corrected chi connectivity index (χ2v) is 2.00. The van der Waals surface area contributed by atoms with Gasteiger partial charge in [-0.2, -0.15) is 11.8 Å². The second-order valence-electron chi connectivity index (χ2n) is 2.00. The number of nitrogens with two attached hydrogens (primary N) is 2. The molecule has 0 amide bonds. The monoisotopic (exact) mass is 142 g/mol. The van der Waals surface area contributed by atoms with Crippen LogP contribution in [0.25, 0.3) is 0 Å². The summed E-state index contributed by atoms with van der Waals surface area (Å²) < 4.78 is 0. The number of hydrogen-bond acceptors (Lipinski definition) is 4. The number of hydrogen-bond donors (Lipinski definition) is 2. The van der Waals surface area contributed by atoms with E-state index in [9.17, 15) is 0 Å². The molecule has 0 spiro atoms. The molecule has 0 radical (unpaired) electrons. The van der Waals surface area contributed by atoms with Crippen molar-refractivity contribution in [1.82, 2.24) is 0 Å². The van der Waals surface area contributed by atoms with Crippen LogP contribution in [0.4, 0.5) is 0 Å². The highest BCUT2D eigenvalue weighted by Crippen LogP contribution is 2.16. The fourth-order valence-corrected chi connectivity index (χ4v) is 0.795. The van der Waals surface area contributed by atoms with Crippen LogP contribution in [-0.4, -0.2) is 0 Å². The van der Waals surface area contributed by atoms with Crippen LogP contribution in [0.1, 0.15) is 12.8 Å². The van der Waals surface area contributed by atoms with E-state index in [0.717, 1.165) is 24.4 Å². The van der Waals surface area contributed by atoms with Gasteiger partial charge in [-0.05, 0) is 12.2 Å². The zero-order chi connectivity index (χ0) is 7.40. The minimum absolute atomic E-state index is 0.750. The highest BCUT2D eigenvalue weighted by molar-refractivity contribution is 5.16. The Kier molecular flexibility index (Phi) is 2.30. The summed E-state index contributed by atoms with van der Waals surface area (Å²) >= 11 is 0. The predicted octanol–water partition coefficient (Wildman–Crippen LogP) is 0.329. The molecule has 4 heteroatoms. The largest absolute Gasteiger partial charge is 0.416 e. The maximum Gasteiger partial charge on any atom is 0.124 e. The van der Waals surface area contributed by atoms with E-state index in [1.807, 2.05) is 0 Å². The van der Waals surface area contributed by atoms with Crippen molar-refractivity contribution in [3.63, 3.8) is 0 Å². The summed E-state index contributed by atoms with van der Waals surface area (Å²) in [6, 6.07) is 0. The Balaban J connectivity index is 2.55. The van der Waals surface area contributed by atoms with Crippen LogP contribution in [0.15, 0.2) is 23.7 Å². The lowest BCUT2D eigenvalue weighted by Gasteiger charge is -2.10. The van der Waals surface area contributed by atoms with Gasteiger partial charge >= 0.3 is 0 Å². The molecule has 1 rings (SSSR count). The average molecular weight is 142 g/mol. The third kappa shape index (κ3) is 1.49. The molecule has 0 heterocycles. The van der Waals surface area contributed by atoms with Gasteiger partial charge in [0.25, 0.3) is 0 Å². The molecule has 1 aliphatic rings. The van der Waals surface area contributed by atoms with Crippen molar-refractivity contribution < 1.29 is 9.68 Å². The molecule has 0 aromatic rings. The summed E-state index contributed by atoms with van der Waals surface area (Å²) in [6.07, 6.45) is 4.98. The van der Waals surface area contributed by atoms with Crippen LogP contribution in [0.2, 0.25) is 0 Å². The van der Waals surface area contributed by atoms with E-state index >= 15 is 0 Å². The summed E-state index contributed by atoms with van der Waals surface area (Å²) in [5.41, 5.74) is 0. The van der Waals surface area contributed by atoms with Crippen molar-refractivity contribution in [3.8, 4) is 0 Å². The van der Waals surface area contributed by atoms with Crippen LogP contribution in [0.5, 0.6) is 0 Å². The first-order valence-electron chi connectivity index (χ1n) is 3.00. The normalized spacial score (nSPS) is 17.4. The van der Waals surface area contributed by atoms with E-state index in [4.69, 9.17) is 11.8 Å². The average Bonchev–Trinajstić information content (AvgIpc) is 2.05. The molecule has 0 bridgehead atoms. The quantitative estimate of drug-likeness (QED) is 0.545. The van der Waals surface area contributed by atoms with Crippen molar-refractivity contribution in [2.24, 2.45) is 11.8 Å². The molecule has 56 valence electrons. The Morgan fingerprint density at radius 3 is 1.60 bits per heavy atom. The molecule has 0 aromatic heterocycles. The smallest absolute Gasteiger partial charge is 0.124 e. The highest BCUT2D eigenvalue weighted by Gasteiger charge is 2.06. The van der Waals surface area contributed by atoms with Gasteiger partial charge in [0.1, 0.15) is 11.5 Å². The van der Waals surface area contributed by atoms with Crippen LogP contribution in [0.3, 0.4) is 0 Å². The first-order valence-corrected chi connectivity index (χ1v) is 3.00. The first-order chi connectivity index (χ1) is 4.86. The van der Waals surface area contributed by atoms with Crippen LogP contribution in [-0.2, 0) is 9.68 Å². The molecular formula is C6H10N2O2. The minimum Gasteiger partial charge on any atom is -0.416 e. The van der Waals surface area contributed by atoms with E-state index in [1.54, 1.807) is 12.2 Å². The van der Waals surface area contributed by atoms with Gasteiger partial charge in [0, 0.05) is 12.8 Å². The fourth-order valence-electron chi connectivity index (χ4n) is 0.795. The molecule has 0 saturated carbocycles. The maximum absolute atomic E-state index is 4.92. The van der Waals surface area contributed by atoms with Gasteiger partial charge in [0.15, 0.2) is 0 Å².